The van der Waals surface area contributed by atoms with Crippen LogP contribution >= 0.6 is 0 Å². The van der Waals surface area contributed by atoms with Crippen molar-refractivity contribution >= 4 is 5.82 Å². The molecule has 0 amide bonds. The Labute approximate surface area is 75.9 Å². The summed E-state index contributed by atoms with van der Waals surface area (Å²) in [5.41, 5.74) is 0. The van der Waals surface area contributed by atoms with E-state index >= 15 is 0 Å². The Kier molecular flexibility index (Phi) is 2.04. The highest BCUT2D eigenvalue weighted by atomic mass is 19.1. The van der Waals surface area contributed by atoms with Gasteiger partial charge in [-0.1, -0.05) is 0 Å². The van der Waals surface area contributed by atoms with Crippen molar-refractivity contribution in [3.8, 4) is 5.75 Å². The fourth-order valence-electron chi connectivity index (χ4n) is 1.06. The second kappa shape index (κ2) is 3.20. The SMILES string of the molecule is CNc1ncc(F)cc1OC1CC1. The molecule has 0 aliphatic heterocycles. The fourth-order valence-corrected chi connectivity index (χ4v) is 1.06. The highest BCUT2D eigenvalue weighted by molar-refractivity contribution is 5.49. The third-order valence-electron chi connectivity index (χ3n) is 1.87. The van der Waals surface area contributed by atoms with Gasteiger partial charge in [0.1, 0.15) is 5.82 Å². The van der Waals surface area contributed by atoms with E-state index in [2.05, 4.69) is 10.3 Å². The van der Waals surface area contributed by atoms with Gasteiger partial charge in [-0.15, -0.1) is 0 Å². The predicted molar refractivity (Wildman–Crippen MR) is 47.4 cm³/mol. The number of hydrogen-bond donors (Lipinski definition) is 1. The van der Waals surface area contributed by atoms with Crippen LogP contribution in [0.2, 0.25) is 0 Å². The fraction of sp³-hybridized carbons (Fsp3) is 0.444. The first-order valence-corrected chi connectivity index (χ1v) is 4.29. The van der Waals surface area contributed by atoms with Crippen molar-refractivity contribution in [1.29, 1.82) is 0 Å². The molecule has 70 valence electrons. The molecule has 1 saturated carbocycles. The first kappa shape index (κ1) is 8.29. The molecular formula is C9H11FN2O. The lowest BCUT2D eigenvalue weighted by Crippen LogP contribution is -2.02. The molecule has 0 saturated heterocycles. The van der Waals surface area contributed by atoms with Crippen LogP contribution in [0.15, 0.2) is 12.3 Å². The van der Waals surface area contributed by atoms with Crippen molar-refractivity contribution < 1.29 is 9.13 Å². The van der Waals surface area contributed by atoms with Crippen LogP contribution in [0.1, 0.15) is 12.8 Å². The number of halogens is 1. The van der Waals surface area contributed by atoms with Crippen LogP contribution in [0, 0.1) is 5.82 Å². The van der Waals surface area contributed by atoms with Crippen LogP contribution in [-0.4, -0.2) is 18.1 Å². The Bertz CT molecular complexity index is 312. The highest BCUT2D eigenvalue weighted by Crippen LogP contribution is 2.30. The van der Waals surface area contributed by atoms with E-state index in [1.807, 2.05) is 0 Å². The van der Waals surface area contributed by atoms with E-state index in [0.29, 0.717) is 11.6 Å². The van der Waals surface area contributed by atoms with Crippen molar-refractivity contribution in [2.75, 3.05) is 12.4 Å². The number of ether oxygens (including phenoxy) is 1. The molecular weight excluding hydrogens is 171 g/mol. The quantitative estimate of drug-likeness (QED) is 0.774. The minimum atomic E-state index is -0.366. The summed E-state index contributed by atoms with van der Waals surface area (Å²) in [6.07, 6.45) is 3.54. The van der Waals surface area contributed by atoms with Gasteiger partial charge in [0.2, 0.25) is 0 Å². The van der Waals surface area contributed by atoms with E-state index in [1.165, 1.54) is 12.3 Å². The van der Waals surface area contributed by atoms with Gasteiger partial charge in [-0.2, -0.15) is 0 Å². The maximum atomic E-state index is 12.8. The molecule has 0 bridgehead atoms. The predicted octanol–water partition coefficient (Wildman–Crippen LogP) is 1.80. The Morgan fingerprint density at radius 2 is 2.38 bits per heavy atom. The molecule has 1 aromatic heterocycles. The summed E-state index contributed by atoms with van der Waals surface area (Å²) in [4.78, 5) is 3.87. The third kappa shape index (κ3) is 1.88. The van der Waals surface area contributed by atoms with Gasteiger partial charge in [0.15, 0.2) is 11.6 Å². The van der Waals surface area contributed by atoms with E-state index in [4.69, 9.17) is 4.74 Å². The normalized spacial score (nSPS) is 15.5. The van der Waals surface area contributed by atoms with Crippen LogP contribution in [-0.2, 0) is 0 Å². The standard InChI is InChI=1S/C9H11FN2O/c1-11-9-8(13-7-2-3-7)4-6(10)5-12-9/h4-5,7H,2-3H2,1H3,(H,11,12). The first-order chi connectivity index (χ1) is 6.29. The van der Waals surface area contributed by atoms with Crippen LogP contribution < -0.4 is 10.1 Å². The summed E-state index contributed by atoms with van der Waals surface area (Å²) >= 11 is 0. The summed E-state index contributed by atoms with van der Waals surface area (Å²) in [6.45, 7) is 0. The molecule has 1 aromatic rings. The zero-order valence-corrected chi connectivity index (χ0v) is 7.38. The number of pyridine rings is 1. The highest BCUT2D eigenvalue weighted by Gasteiger charge is 2.24. The Morgan fingerprint density at radius 3 is 3.00 bits per heavy atom. The molecule has 1 N–H and O–H groups in total. The average Bonchev–Trinajstić information content (AvgIpc) is 2.89. The lowest BCUT2D eigenvalue weighted by Gasteiger charge is -2.08. The van der Waals surface area contributed by atoms with E-state index in [9.17, 15) is 4.39 Å². The number of nitrogens with zero attached hydrogens (tertiary/aromatic N) is 1. The Morgan fingerprint density at radius 1 is 1.62 bits per heavy atom. The topological polar surface area (TPSA) is 34.2 Å². The zero-order chi connectivity index (χ0) is 9.26. The number of rotatable bonds is 3. The van der Waals surface area contributed by atoms with Crippen molar-refractivity contribution in [3.05, 3.63) is 18.1 Å². The number of nitrogens with one attached hydrogen (secondary N) is 1. The van der Waals surface area contributed by atoms with Gasteiger partial charge < -0.3 is 10.1 Å². The summed E-state index contributed by atoms with van der Waals surface area (Å²) in [5.74, 6) is 0.730. The van der Waals surface area contributed by atoms with Gasteiger partial charge >= 0.3 is 0 Å². The summed E-state index contributed by atoms with van der Waals surface area (Å²) in [7, 11) is 1.74. The number of aromatic nitrogens is 1. The minimum Gasteiger partial charge on any atom is -0.486 e. The van der Waals surface area contributed by atoms with Crippen LogP contribution in [0.5, 0.6) is 5.75 Å². The third-order valence-corrected chi connectivity index (χ3v) is 1.87. The monoisotopic (exact) mass is 182 g/mol. The van der Waals surface area contributed by atoms with E-state index in [0.717, 1.165) is 12.8 Å². The maximum Gasteiger partial charge on any atom is 0.168 e. The van der Waals surface area contributed by atoms with Gasteiger partial charge in [-0.05, 0) is 12.8 Å². The van der Waals surface area contributed by atoms with Gasteiger partial charge in [-0.3, -0.25) is 0 Å². The van der Waals surface area contributed by atoms with Crippen LogP contribution in [0.3, 0.4) is 0 Å². The molecule has 13 heavy (non-hydrogen) atoms. The second-order valence-corrected chi connectivity index (χ2v) is 3.07. The number of anilines is 1. The van der Waals surface area contributed by atoms with Crippen molar-refractivity contribution in [2.24, 2.45) is 0 Å². The molecule has 4 heteroatoms. The maximum absolute atomic E-state index is 12.8. The van der Waals surface area contributed by atoms with E-state index in [-0.39, 0.29) is 11.9 Å². The van der Waals surface area contributed by atoms with Crippen LogP contribution in [0.4, 0.5) is 10.2 Å². The van der Waals surface area contributed by atoms with Crippen molar-refractivity contribution in [1.82, 2.24) is 4.98 Å². The average molecular weight is 182 g/mol. The molecule has 1 aliphatic carbocycles. The summed E-state index contributed by atoms with van der Waals surface area (Å²) in [5, 5.41) is 2.85. The molecule has 1 aliphatic rings. The molecule has 2 rings (SSSR count). The van der Waals surface area contributed by atoms with E-state index < -0.39 is 0 Å². The van der Waals surface area contributed by atoms with Crippen molar-refractivity contribution in [3.63, 3.8) is 0 Å². The smallest absolute Gasteiger partial charge is 0.168 e. The van der Waals surface area contributed by atoms with Gasteiger partial charge in [0.25, 0.3) is 0 Å². The molecule has 3 nitrogen and oxygen atoms in total. The molecule has 0 aromatic carbocycles. The van der Waals surface area contributed by atoms with Crippen LogP contribution in [0.25, 0.3) is 0 Å². The molecule has 0 radical (unpaired) electrons. The largest absolute Gasteiger partial charge is 0.486 e. The molecule has 0 unspecified atom stereocenters. The minimum absolute atomic E-state index is 0.260. The summed E-state index contributed by atoms with van der Waals surface area (Å²) < 4.78 is 18.2. The molecule has 0 spiro atoms. The lowest BCUT2D eigenvalue weighted by atomic mass is 10.4. The molecule has 1 heterocycles. The summed E-state index contributed by atoms with van der Waals surface area (Å²) in [6, 6.07) is 1.36. The van der Waals surface area contributed by atoms with Crippen molar-refractivity contribution in [2.45, 2.75) is 18.9 Å². The Balaban J connectivity index is 2.22. The van der Waals surface area contributed by atoms with Gasteiger partial charge in [0, 0.05) is 13.1 Å². The lowest BCUT2D eigenvalue weighted by molar-refractivity contribution is 0.302. The number of hydrogen-bond acceptors (Lipinski definition) is 3. The Hall–Kier alpha value is -1.32. The molecule has 0 atom stereocenters. The zero-order valence-electron chi connectivity index (χ0n) is 7.38. The molecule has 1 fully saturated rings. The van der Waals surface area contributed by atoms with Gasteiger partial charge in [-0.25, -0.2) is 9.37 Å². The van der Waals surface area contributed by atoms with E-state index in [1.54, 1.807) is 7.05 Å². The second-order valence-electron chi connectivity index (χ2n) is 3.07. The first-order valence-electron chi connectivity index (χ1n) is 4.29. The van der Waals surface area contributed by atoms with Gasteiger partial charge in [0.05, 0.1) is 12.3 Å².